The van der Waals surface area contributed by atoms with Gasteiger partial charge in [0.05, 0.1) is 37.2 Å². The molecule has 3 aliphatic heterocycles. The molecule has 1 spiro atoms. The zero-order chi connectivity index (χ0) is 22.4. The molecule has 1 unspecified atom stereocenters. The molecule has 7 atom stereocenters. The number of likely N-dealkylation sites (tertiary alicyclic amines) is 1. The Morgan fingerprint density at radius 3 is 2.67 bits per heavy atom. The normalized spacial score (nSPS) is 35.5. The van der Waals surface area contributed by atoms with Gasteiger partial charge in [0.2, 0.25) is 11.8 Å². The number of aliphatic hydroxyl groups is 1. The van der Waals surface area contributed by atoms with Crippen LogP contribution in [-0.4, -0.2) is 87.1 Å². The maximum atomic E-state index is 13.8. The Hall–Kier alpha value is -1.45. The SMILES string of the molecule is C=CCN(C(=O)[C@H]1N([C@H](C)CO)C(=O)[C@@H]2[C@@H](C(=O)OCC)[C@@H]3O[C@@]21CC3Br)C(C)C. The van der Waals surface area contributed by atoms with E-state index in [1.54, 1.807) is 24.8 Å². The molecule has 3 fully saturated rings. The highest BCUT2D eigenvalue weighted by atomic mass is 79.9. The number of ether oxygens (including phenoxy) is 2. The molecule has 0 saturated carbocycles. The summed E-state index contributed by atoms with van der Waals surface area (Å²) in [4.78, 5) is 43.0. The van der Waals surface area contributed by atoms with Crippen LogP contribution >= 0.6 is 15.9 Å². The minimum absolute atomic E-state index is 0.119. The monoisotopic (exact) mass is 486 g/mol. The molecule has 3 aliphatic rings. The summed E-state index contributed by atoms with van der Waals surface area (Å²) in [7, 11) is 0. The summed E-state index contributed by atoms with van der Waals surface area (Å²) in [5, 5.41) is 9.83. The molecule has 0 aromatic heterocycles. The Morgan fingerprint density at radius 1 is 1.47 bits per heavy atom. The molecular formula is C21H31BrN2O6. The van der Waals surface area contributed by atoms with E-state index >= 15 is 0 Å². The Bertz CT molecular complexity index is 730. The van der Waals surface area contributed by atoms with E-state index in [0.717, 1.165) is 0 Å². The minimum Gasteiger partial charge on any atom is -0.466 e. The fraction of sp³-hybridized carbons (Fsp3) is 0.762. The third kappa shape index (κ3) is 3.29. The maximum Gasteiger partial charge on any atom is 0.312 e. The molecule has 3 saturated heterocycles. The number of halogens is 1. The van der Waals surface area contributed by atoms with Gasteiger partial charge in [0, 0.05) is 17.4 Å². The molecule has 168 valence electrons. The number of carbonyl (C=O) groups excluding carboxylic acids is 3. The van der Waals surface area contributed by atoms with Crippen LogP contribution in [0.1, 0.15) is 34.1 Å². The van der Waals surface area contributed by atoms with E-state index in [1.165, 1.54) is 4.90 Å². The van der Waals surface area contributed by atoms with E-state index < -0.39 is 41.6 Å². The zero-order valence-corrected chi connectivity index (χ0v) is 19.5. The van der Waals surface area contributed by atoms with E-state index in [1.807, 2.05) is 13.8 Å². The fourth-order valence-electron chi connectivity index (χ4n) is 5.27. The second-order valence-electron chi connectivity index (χ2n) is 8.57. The molecule has 2 amide bonds. The van der Waals surface area contributed by atoms with Crippen LogP contribution in [0.15, 0.2) is 12.7 Å². The number of aliphatic hydroxyl groups excluding tert-OH is 1. The minimum atomic E-state index is -1.14. The number of nitrogens with zero attached hydrogens (tertiary/aromatic N) is 2. The molecule has 0 radical (unpaired) electrons. The van der Waals surface area contributed by atoms with Crippen LogP contribution < -0.4 is 0 Å². The Morgan fingerprint density at radius 2 is 2.13 bits per heavy atom. The molecule has 3 rings (SSSR count). The van der Waals surface area contributed by atoms with Crippen molar-refractivity contribution >= 4 is 33.7 Å². The van der Waals surface area contributed by atoms with Crippen molar-refractivity contribution in [2.75, 3.05) is 19.8 Å². The van der Waals surface area contributed by atoms with Crippen molar-refractivity contribution in [1.82, 2.24) is 9.80 Å². The van der Waals surface area contributed by atoms with Gasteiger partial charge >= 0.3 is 5.97 Å². The summed E-state index contributed by atoms with van der Waals surface area (Å²) in [6.07, 6.45) is 1.53. The second kappa shape index (κ2) is 8.59. The Kier molecular flexibility index (Phi) is 6.65. The summed E-state index contributed by atoms with van der Waals surface area (Å²) in [5.41, 5.74) is -1.14. The third-order valence-electron chi connectivity index (χ3n) is 6.49. The first-order valence-corrected chi connectivity index (χ1v) is 11.4. The number of fused-ring (bicyclic) bond motifs is 1. The average Bonchev–Trinajstić information content (AvgIpc) is 3.28. The van der Waals surface area contributed by atoms with E-state index in [4.69, 9.17) is 9.47 Å². The lowest BCUT2D eigenvalue weighted by Crippen LogP contribution is -2.59. The molecule has 9 heteroatoms. The van der Waals surface area contributed by atoms with Crippen LogP contribution in [0.25, 0.3) is 0 Å². The van der Waals surface area contributed by atoms with Crippen molar-refractivity contribution in [2.45, 2.75) is 68.8 Å². The van der Waals surface area contributed by atoms with Crippen LogP contribution in [-0.2, 0) is 23.9 Å². The lowest BCUT2D eigenvalue weighted by Gasteiger charge is -2.39. The maximum absolute atomic E-state index is 13.8. The van der Waals surface area contributed by atoms with Gasteiger partial charge < -0.3 is 24.4 Å². The summed E-state index contributed by atoms with van der Waals surface area (Å²) in [6, 6.07) is -1.64. The van der Waals surface area contributed by atoms with Crippen molar-refractivity contribution in [3.05, 3.63) is 12.7 Å². The van der Waals surface area contributed by atoms with Gasteiger partial charge in [-0.05, 0) is 34.1 Å². The lowest BCUT2D eigenvalue weighted by molar-refractivity contribution is -0.156. The van der Waals surface area contributed by atoms with Gasteiger partial charge in [-0.15, -0.1) is 6.58 Å². The standard InChI is InChI=1S/C21H31BrN2O6/c1-6-8-23(11(3)4)19(27)17-21-9-13(22)16(30-21)14(20(28)29-7-2)15(21)18(26)24(17)12(5)10-25/h6,11-17,25H,1,7-10H2,2-5H3/t12-,13?,14-,15+,16-,17-,21+/m1/s1. The zero-order valence-electron chi connectivity index (χ0n) is 17.9. The van der Waals surface area contributed by atoms with Gasteiger partial charge in [-0.3, -0.25) is 14.4 Å². The first-order valence-electron chi connectivity index (χ1n) is 10.5. The molecule has 1 N–H and O–H groups in total. The number of rotatable bonds is 8. The summed E-state index contributed by atoms with van der Waals surface area (Å²) < 4.78 is 11.6. The molecule has 3 heterocycles. The molecule has 0 aromatic rings. The van der Waals surface area contributed by atoms with Gasteiger partial charge in [0.25, 0.3) is 0 Å². The van der Waals surface area contributed by atoms with E-state index in [9.17, 15) is 19.5 Å². The van der Waals surface area contributed by atoms with Gasteiger partial charge in [0.1, 0.15) is 11.6 Å². The topological polar surface area (TPSA) is 96.4 Å². The highest BCUT2D eigenvalue weighted by Gasteiger charge is 2.77. The van der Waals surface area contributed by atoms with Crippen LogP contribution in [0.2, 0.25) is 0 Å². The summed E-state index contributed by atoms with van der Waals surface area (Å²) >= 11 is 3.60. The number of esters is 1. The van der Waals surface area contributed by atoms with Crippen molar-refractivity contribution < 1.29 is 29.0 Å². The quantitative estimate of drug-likeness (QED) is 0.313. The first-order chi connectivity index (χ1) is 14.2. The van der Waals surface area contributed by atoms with Gasteiger partial charge in [-0.2, -0.15) is 0 Å². The van der Waals surface area contributed by atoms with Crippen LogP contribution in [0, 0.1) is 11.8 Å². The third-order valence-corrected chi connectivity index (χ3v) is 7.34. The highest BCUT2D eigenvalue weighted by molar-refractivity contribution is 9.09. The van der Waals surface area contributed by atoms with Crippen LogP contribution in [0.5, 0.6) is 0 Å². The first kappa shape index (κ1) is 23.2. The summed E-state index contributed by atoms with van der Waals surface area (Å²) in [5.74, 6) is -2.67. The molecule has 30 heavy (non-hydrogen) atoms. The predicted molar refractivity (Wildman–Crippen MR) is 113 cm³/mol. The number of hydrogen-bond donors (Lipinski definition) is 1. The molecular weight excluding hydrogens is 456 g/mol. The highest BCUT2D eigenvalue weighted by Crippen LogP contribution is 2.60. The Balaban J connectivity index is 2.10. The van der Waals surface area contributed by atoms with E-state index in [2.05, 4.69) is 22.5 Å². The fourth-order valence-corrected chi connectivity index (χ4v) is 6.21. The second-order valence-corrected chi connectivity index (χ2v) is 9.74. The van der Waals surface area contributed by atoms with Gasteiger partial charge in [0.15, 0.2) is 0 Å². The number of hydrogen-bond acceptors (Lipinski definition) is 6. The smallest absolute Gasteiger partial charge is 0.312 e. The largest absolute Gasteiger partial charge is 0.466 e. The Labute approximate surface area is 185 Å². The number of alkyl halides is 1. The van der Waals surface area contributed by atoms with Crippen molar-refractivity contribution in [1.29, 1.82) is 0 Å². The van der Waals surface area contributed by atoms with E-state index in [0.29, 0.717) is 13.0 Å². The molecule has 2 bridgehead atoms. The number of carbonyl (C=O) groups is 3. The lowest BCUT2D eigenvalue weighted by atomic mass is 9.70. The van der Waals surface area contributed by atoms with Crippen molar-refractivity contribution in [3.63, 3.8) is 0 Å². The van der Waals surface area contributed by atoms with E-state index in [-0.39, 0.29) is 35.9 Å². The van der Waals surface area contributed by atoms with Crippen LogP contribution in [0.4, 0.5) is 0 Å². The predicted octanol–water partition coefficient (Wildman–Crippen LogP) is 1.10. The van der Waals surface area contributed by atoms with Gasteiger partial charge in [-0.25, -0.2) is 0 Å². The van der Waals surface area contributed by atoms with Gasteiger partial charge in [-0.1, -0.05) is 22.0 Å². The van der Waals surface area contributed by atoms with Crippen LogP contribution in [0.3, 0.4) is 0 Å². The van der Waals surface area contributed by atoms with Crippen molar-refractivity contribution in [3.8, 4) is 0 Å². The molecule has 0 aliphatic carbocycles. The molecule has 8 nitrogen and oxygen atoms in total. The average molecular weight is 487 g/mol. The molecule has 0 aromatic carbocycles. The summed E-state index contributed by atoms with van der Waals surface area (Å²) in [6.45, 7) is 11.2. The number of amides is 2. The van der Waals surface area contributed by atoms with Crippen molar-refractivity contribution in [2.24, 2.45) is 11.8 Å².